The summed E-state index contributed by atoms with van der Waals surface area (Å²) < 4.78 is 10.2. The van der Waals surface area contributed by atoms with Crippen LogP contribution < -0.4 is 20.6 Å². The van der Waals surface area contributed by atoms with Gasteiger partial charge >= 0.3 is 0 Å². The first-order chi connectivity index (χ1) is 7.65. The minimum Gasteiger partial charge on any atom is -0.497 e. The predicted molar refractivity (Wildman–Crippen MR) is 67.1 cm³/mol. The van der Waals surface area contributed by atoms with Gasteiger partial charge in [0, 0.05) is 11.6 Å². The van der Waals surface area contributed by atoms with Crippen molar-refractivity contribution in [3.63, 3.8) is 0 Å². The van der Waals surface area contributed by atoms with Crippen LogP contribution in [0.15, 0.2) is 23.3 Å². The summed E-state index contributed by atoms with van der Waals surface area (Å²) in [4.78, 5) is 0. The number of hydrogen-bond acceptors (Lipinski definition) is 4. The Bertz CT molecular complexity index is 385. The van der Waals surface area contributed by atoms with Crippen LogP contribution in [0.2, 0.25) is 0 Å². The van der Waals surface area contributed by atoms with Crippen LogP contribution in [-0.2, 0) is 0 Å². The van der Waals surface area contributed by atoms with Crippen molar-refractivity contribution in [3.8, 4) is 11.5 Å². The number of ether oxygens (including phenoxy) is 2. The molecule has 3 N–H and O–H groups in total. The second kappa shape index (κ2) is 5.92. The summed E-state index contributed by atoms with van der Waals surface area (Å²) in [6.45, 7) is 0. The molecule has 1 aromatic carbocycles. The predicted octanol–water partition coefficient (Wildman–Crippen LogP) is 0.871. The maximum Gasteiger partial charge on any atom is 0.184 e. The quantitative estimate of drug-likeness (QED) is 0.463. The fraction of sp³-hybridized carbons (Fsp3) is 0.200. The molecular weight excluding hydrogens is 226 g/mol. The van der Waals surface area contributed by atoms with Gasteiger partial charge in [-0.25, -0.2) is 0 Å². The van der Waals surface area contributed by atoms with Crippen LogP contribution in [0.25, 0.3) is 0 Å². The Morgan fingerprint density at radius 2 is 1.88 bits per heavy atom. The SMILES string of the molecule is COc1cc(/C=N\NC(N)=S)cc(OC)c1. The van der Waals surface area contributed by atoms with Crippen molar-refractivity contribution in [2.24, 2.45) is 10.8 Å². The van der Waals surface area contributed by atoms with Crippen LogP contribution in [-0.4, -0.2) is 25.5 Å². The van der Waals surface area contributed by atoms with Crippen molar-refractivity contribution < 1.29 is 9.47 Å². The summed E-state index contributed by atoms with van der Waals surface area (Å²) in [6, 6.07) is 5.40. The zero-order valence-electron chi connectivity index (χ0n) is 9.06. The van der Waals surface area contributed by atoms with Gasteiger partial charge in [-0.1, -0.05) is 0 Å². The van der Waals surface area contributed by atoms with E-state index in [1.165, 1.54) is 0 Å². The van der Waals surface area contributed by atoms with E-state index in [2.05, 4.69) is 22.7 Å². The van der Waals surface area contributed by atoms with E-state index in [0.717, 1.165) is 5.56 Å². The van der Waals surface area contributed by atoms with E-state index in [0.29, 0.717) is 11.5 Å². The number of nitrogens with one attached hydrogen (secondary N) is 1. The van der Waals surface area contributed by atoms with Gasteiger partial charge in [0.15, 0.2) is 5.11 Å². The highest BCUT2D eigenvalue weighted by molar-refractivity contribution is 7.80. The molecule has 0 aromatic heterocycles. The molecule has 0 fully saturated rings. The fourth-order valence-corrected chi connectivity index (χ4v) is 1.13. The first kappa shape index (κ1) is 12.3. The van der Waals surface area contributed by atoms with E-state index in [1.807, 2.05) is 12.1 Å². The molecule has 16 heavy (non-hydrogen) atoms. The molecule has 1 aromatic rings. The van der Waals surface area contributed by atoms with Crippen molar-refractivity contribution in [2.75, 3.05) is 14.2 Å². The monoisotopic (exact) mass is 239 g/mol. The Labute approximate surface area is 99.2 Å². The van der Waals surface area contributed by atoms with Gasteiger partial charge in [-0.05, 0) is 24.4 Å². The average molecular weight is 239 g/mol. The van der Waals surface area contributed by atoms with Crippen LogP contribution >= 0.6 is 12.2 Å². The molecule has 0 amide bonds. The van der Waals surface area contributed by atoms with Gasteiger partial charge < -0.3 is 15.2 Å². The van der Waals surface area contributed by atoms with Crippen LogP contribution in [0, 0.1) is 0 Å². The van der Waals surface area contributed by atoms with Crippen molar-refractivity contribution in [1.82, 2.24) is 5.43 Å². The summed E-state index contributed by atoms with van der Waals surface area (Å²) in [5.74, 6) is 1.38. The molecule has 0 heterocycles. The molecule has 86 valence electrons. The smallest absolute Gasteiger partial charge is 0.184 e. The van der Waals surface area contributed by atoms with Crippen molar-refractivity contribution >= 4 is 23.5 Å². The lowest BCUT2D eigenvalue weighted by molar-refractivity contribution is 0.394. The molecule has 0 unspecified atom stereocenters. The molecule has 0 saturated heterocycles. The Morgan fingerprint density at radius 3 is 2.31 bits per heavy atom. The minimum absolute atomic E-state index is 0.117. The normalized spacial score (nSPS) is 10.1. The van der Waals surface area contributed by atoms with E-state index >= 15 is 0 Å². The lowest BCUT2D eigenvalue weighted by atomic mass is 10.2. The van der Waals surface area contributed by atoms with Gasteiger partial charge in [0.2, 0.25) is 0 Å². The molecule has 0 aliphatic rings. The first-order valence-corrected chi connectivity index (χ1v) is 4.88. The second-order valence-electron chi connectivity index (χ2n) is 2.88. The molecule has 0 spiro atoms. The number of benzene rings is 1. The lowest BCUT2D eigenvalue weighted by Gasteiger charge is -2.05. The summed E-state index contributed by atoms with van der Waals surface area (Å²) in [5.41, 5.74) is 8.51. The van der Waals surface area contributed by atoms with Gasteiger partial charge in [-0.15, -0.1) is 0 Å². The maximum atomic E-state index is 5.23. The largest absolute Gasteiger partial charge is 0.497 e. The van der Waals surface area contributed by atoms with Gasteiger partial charge in [-0.3, -0.25) is 5.43 Å². The number of nitrogens with zero attached hydrogens (tertiary/aromatic N) is 1. The highest BCUT2D eigenvalue weighted by Crippen LogP contribution is 2.21. The fourth-order valence-electron chi connectivity index (χ4n) is 1.07. The topological polar surface area (TPSA) is 68.9 Å². The van der Waals surface area contributed by atoms with Gasteiger partial charge in [0.25, 0.3) is 0 Å². The second-order valence-corrected chi connectivity index (χ2v) is 3.32. The van der Waals surface area contributed by atoms with E-state index in [-0.39, 0.29) is 5.11 Å². The maximum absolute atomic E-state index is 5.23. The Hall–Kier alpha value is -1.82. The number of methoxy groups -OCH3 is 2. The molecule has 0 radical (unpaired) electrons. The van der Waals surface area contributed by atoms with Crippen molar-refractivity contribution in [3.05, 3.63) is 23.8 Å². The summed E-state index contributed by atoms with van der Waals surface area (Å²) in [5, 5.41) is 3.96. The van der Waals surface area contributed by atoms with Gasteiger partial charge in [0.05, 0.1) is 20.4 Å². The van der Waals surface area contributed by atoms with E-state index in [4.69, 9.17) is 15.2 Å². The van der Waals surface area contributed by atoms with Crippen LogP contribution in [0.5, 0.6) is 11.5 Å². The van der Waals surface area contributed by atoms with Gasteiger partial charge in [-0.2, -0.15) is 5.10 Å². The summed E-state index contributed by atoms with van der Waals surface area (Å²) in [7, 11) is 3.17. The zero-order valence-corrected chi connectivity index (χ0v) is 9.88. The molecule has 0 aliphatic heterocycles. The number of hydrazone groups is 1. The molecule has 0 saturated carbocycles. The molecular formula is C10H13N3O2S. The Kier molecular flexibility index (Phi) is 4.53. The summed E-state index contributed by atoms with van der Waals surface area (Å²) in [6.07, 6.45) is 1.57. The van der Waals surface area contributed by atoms with Crippen LogP contribution in [0.1, 0.15) is 5.56 Å². The van der Waals surface area contributed by atoms with Crippen LogP contribution in [0.4, 0.5) is 0 Å². The first-order valence-electron chi connectivity index (χ1n) is 4.47. The third-order valence-electron chi connectivity index (χ3n) is 1.76. The number of thiocarbonyl (C=S) groups is 1. The van der Waals surface area contributed by atoms with Crippen molar-refractivity contribution in [2.45, 2.75) is 0 Å². The average Bonchev–Trinajstić information content (AvgIpc) is 2.28. The molecule has 0 aliphatic carbocycles. The Morgan fingerprint density at radius 1 is 1.31 bits per heavy atom. The van der Waals surface area contributed by atoms with E-state index in [9.17, 15) is 0 Å². The minimum atomic E-state index is 0.117. The number of rotatable bonds is 4. The highest BCUT2D eigenvalue weighted by atomic mass is 32.1. The van der Waals surface area contributed by atoms with Crippen LogP contribution in [0.3, 0.4) is 0 Å². The van der Waals surface area contributed by atoms with Gasteiger partial charge in [0.1, 0.15) is 11.5 Å². The zero-order chi connectivity index (χ0) is 12.0. The van der Waals surface area contributed by atoms with Crippen molar-refractivity contribution in [1.29, 1.82) is 0 Å². The molecule has 6 heteroatoms. The Balaban J connectivity index is 2.86. The summed E-state index contributed by atoms with van der Waals surface area (Å²) >= 11 is 4.61. The molecule has 0 atom stereocenters. The number of hydrogen-bond donors (Lipinski definition) is 2. The van der Waals surface area contributed by atoms with E-state index in [1.54, 1.807) is 26.5 Å². The number of nitrogens with two attached hydrogens (primary N) is 1. The lowest BCUT2D eigenvalue weighted by Crippen LogP contribution is -2.23. The molecule has 0 bridgehead atoms. The third kappa shape index (κ3) is 3.74. The molecule has 5 nitrogen and oxygen atoms in total. The highest BCUT2D eigenvalue weighted by Gasteiger charge is 1.99. The third-order valence-corrected chi connectivity index (χ3v) is 1.85. The van der Waals surface area contributed by atoms with E-state index < -0.39 is 0 Å². The molecule has 1 rings (SSSR count). The standard InChI is InChI=1S/C10H13N3O2S/c1-14-8-3-7(4-9(5-8)15-2)6-12-13-10(11)16/h3-6H,1-2H3,(H3,11,13,16)/b12-6-.